The molecule has 3 rings (SSSR count). The lowest BCUT2D eigenvalue weighted by molar-refractivity contribution is -0.371. The Kier molecular flexibility index (Phi) is 10.3. The van der Waals surface area contributed by atoms with Gasteiger partial charge in [-0.15, -0.1) is 0 Å². The van der Waals surface area contributed by atoms with Crippen molar-refractivity contribution in [2.75, 3.05) is 13.2 Å². The third-order valence-corrected chi connectivity index (χ3v) is 6.46. The predicted molar refractivity (Wildman–Crippen MR) is 113 cm³/mol. The molecule has 0 aromatic heterocycles. The van der Waals surface area contributed by atoms with Crippen molar-refractivity contribution in [3.05, 3.63) is 0 Å². The SMILES string of the molecule is CC(=O)N[C@H]1[C@H](O[C@H]2[C@H](O)[C@@H](O)[C@H](O[C@H]3[C@@H](O)[C@H](O)[C@@H](CO)O[C@@H]3O)O[C@@H]2C(=O)O)O[C@H](CO)[C@@H](O)[C@@H]1O. The first-order chi connectivity index (χ1) is 17.8. The summed E-state index contributed by atoms with van der Waals surface area (Å²) in [7, 11) is 0. The first kappa shape index (κ1) is 30.9. The second kappa shape index (κ2) is 12.7. The van der Waals surface area contributed by atoms with Crippen LogP contribution in [-0.2, 0) is 33.3 Å². The van der Waals surface area contributed by atoms with Crippen LogP contribution < -0.4 is 5.32 Å². The van der Waals surface area contributed by atoms with Crippen LogP contribution >= 0.6 is 0 Å². The van der Waals surface area contributed by atoms with E-state index in [1.165, 1.54) is 0 Å². The Morgan fingerprint density at radius 3 is 1.79 bits per heavy atom. The normalized spacial score (nSPS) is 47.9. The van der Waals surface area contributed by atoms with Gasteiger partial charge in [0.25, 0.3) is 0 Å². The number of ether oxygens (including phenoxy) is 5. The minimum absolute atomic E-state index is 0.706. The Labute approximate surface area is 214 Å². The smallest absolute Gasteiger partial charge is 0.335 e. The van der Waals surface area contributed by atoms with Gasteiger partial charge < -0.3 is 80.1 Å². The summed E-state index contributed by atoms with van der Waals surface area (Å²) in [4.78, 5) is 23.6. The lowest BCUT2D eigenvalue weighted by Crippen LogP contribution is -2.68. The van der Waals surface area contributed by atoms with Gasteiger partial charge in [-0.2, -0.15) is 0 Å². The molecule has 0 saturated carbocycles. The average Bonchev–Trinajstić information content (AvgIpc) is 2.86. The minimum Gasteiger partial charge on any atom is -0.479 e. The molecule has 18 heteroatoms. The number of carboxylic acid groups (broad SMARTS) is 1. The molecule has 11 N–H and O–H groups in total. The maximum atomic E-state index is 12.0. The maximum absolute atomic E-state index is 12.0. The fourth-order valence-electron chi connectivity index (χ4n) is 4.42. The molecule has 1 amide bonds. The molecule has 3 fully saturated rings. The summed E-state index contributed by atoms with van der Waals surface area (Å²) in [6, 6.07) is -1.51. The summed E-state index contributed by atoms with van der Waals surface area (Å²) in [5.74, 6) is -2.45. The van der Waals surface area contributed by atoms with E-state index in [0.29, 0.717) is 0 Å². The topological polar surface area (TPSA) is 295 Å². The van der Waals surface area contributed by atoms with Crippen LogP contribution in [0, 0.1) is 0 Å². The maximum Gasteiger partial charge on any atom is 0.335 e. The first-order valence-corrected chi connectivity index (χ1v) is 11.6. The van der Waals surface area contributed by atoms with E-state index in [2.05, 4.69) is 5.32 Å². The van der Waals surface area contributed by atoms with E-state index in [1.54, 1.807) is 0 Å². The molecule has 3 aliphatic heterocycles. The van der Waals surface area contributed by atoms with Crippen molar-refractivity contribution in [1.82, 2.24) is 5.32 Å². The molecule has 0 spiro atoms. The second-order valence-electron chi connectivity index (χ2n) is 9.11. The highest BCUT2D eigenvalue weighted by Gasteiger charge is 2.55. The van der Waals surface area contributed by atoms with Crippen molar-refractivity contribution >= 4 is 11.9 Å². The Balaban J connectivity index is 1.80. The average molecular weight is 559 g/mol. The highest BCUT2D eigenvalue weighted by Crippen LogP contribution is 2.32. The lowest BCUT2D eigenvalue weighted by atomic mass is 9.95. The van der Waals surface area contributed by atoms with E-state index in [4.69, 9.17) is 28.8 Å². The van der Waals surface area contributed by atoms with Gasteiger partial charge >= 0.3 is 5.97 Å². The fourth-order valence-corrected chi connectivity index (χ4v) is 4.42. The number of amides is 1. The van der Waals surface area contributed by atoms with Gasteiger partial charge in [0.05, 0.1) is 13.2 Å². The summed E-state index contributed by atoms with van der Waals surface area (Å²) >= 11 is 0. The van der Waals surface area contributed by atoms with Crippen molar-refractivity contribution in [2.24, 2.45) is 0 Å². The van der Waals surface area contributed by atoms with Gasteiger partial charge in [-0.25, -0.2) is 4.79 Å². The van der Waals surface area contributed by atoms with Gasteiger partial charge in [0.2, 0.25) is 5.91 Å². The largest absolute Gasteiger partial charge is 0.479 e. The van der Waals surface area contributed by atoms with Gasteiger partial charge in [0.15, 0.2) is 25.0 Å². The zero-order valence-corrected chi connectivity index (χ0v) is 19.9. The van der Waals surface area contributed by atoms with Crippen LogP contribution in [0.3, 0.4) is 0 Å². The van der Waals surface area contributed by atoms with Gasteiger partial charge in [-0.05, 0) is 0 Å². The van der Waals surface area contributed by atoms with E-state index in [9.17, 15) is 55.5 Å². The van der Waals surface area contributed by atoms with E-state index in [0.717, 1.165) is 6.92 Å². The van der Waals surface area contributed by atoms with Crippen LogP contribution in [0.25, 0.3) is 0 Å². The monoisotopic (exact) mass is 559 g/mol. The van der Waals surface area contributed by atoms with Crippen LogP contribution in [-0.4, -0.2) is 168 Å². The molecule has 0 aromatic rings. The van der Waals surface area contributed by atoms with Crippen molar-refractivity contribution in [3.8, 4) is 0 Å². The summed E-state index contributed by atoms with van der Waals surface area (Å²) in [5, 5.41) is 103. The first-order valence-electron chi connectivity index (χ1n) is 11.6. The molecule has 0 aromatic carbocycles. The Bertz CT molecular complexity index is 818. The van der Waals surface area contributed by atoms with Crippen molar-refractivity contribution in [2.45, 2.75) is 99.0 Å². The molecule has 220 valence electrons. The number of hydrogen-bond acceptors (Lipinski definition) is 16. The minimum atomic E-state index is -2.12. The van der Waals surface area contributed by atoms with E-state index >= 15 is 0 Å². The van der Waals surface area contributed by atoms with E-state index in [-0.39, 0.29) is 0 Å². The molecule has 3 saturated heterocycles. The number of carbonyl (C=O) groups is 2. The van der Waals surface area contributed by atoms with E-state index in [1.807, 2.05) is 0 Å². The molecule has 3 aliphatic rings. The summed E-state index contributed by atoms with van der Waals surface area (Å²) in [5.41, 5.74) is 0. The number of nitrogens with one attached hydrogen (secondary N) is 1. The molecule has 0 unspecified atom stereocenters. The molecule has 0 aliphatic carbocycles. The molecular weight excluding hydrogens is 526 g/mol. The molecule has 38 heavy (non-hydrogen) atoms. The Morgan fingerprint density at radius 2 is 1.24 bits per heavy atom. The van der Waals surface area contributed by atoms with Crippen LogP contribution in [0.1, 0.15) is 6.92 Å². The van der Waals surface area contributed by atoms with Crippen LogP contribution in [0.15, 0.2) is 0 Å². The van der Waals surface area contributed by atoms with Crippen LogP contribution in [0.2, 0.25) is 0 Å². The van der Waals surface area contributed by atoms with Crippen molar-refractivity contribution in [3.63, 3.8) is 0 Å². The van der Waals surface area contributed by atoms with Gasteiger partial charge in [-0.3, -0.25) is 4.79 Å². The van der Waals surface area contributed by atoms with Gasteiger partial charge in [-0.1, -0.05) is 0 Å². The third-order valence-electron chi connectivity index (χ3n) is 6.46. The molecule has 0 radical (unpaired) electrons. The molecular formula is C20H33NO17. The number of hydrogen-bond donors (Lipinski definition) is 11. The number of aliphatic hydroxyl groups is 9. The zero-order chi connectivity index (χ0) is 28.5. The fraction of sp³-hybridized carbons (Fsp3) is 0.900. The quantitative estimate of drug-likeness (QED) is 0.132. The predicted octanol–water partition coefficient (Wildman–Crippen LogP) is -7.34. The van der Waals surface area contributed by atoms with Crippen LogP contribution in [0.4, 0.5) is 0 Å². The summed E-state index contributed by atoms with van der Waals surface area (Å²) in [6.07, 6.45) is -25.8. The number of rotatable bonds is 8. The molecule has 15 atom stereocenters. The molecule has 0 bridgehead atoms. The summed E-state index contributed by atoms with van der Waals surface area (Å²) < 4.78 is 26.2. The summed E-state index contributed by atoms with van der Waals surface area (Å²) in [6.45, 7) is -0.516. The van der Waals surface area contributed by atoms with E-state index < -0.39 is 117 Å². The van der Waals surface area contributed by atoms with Gasteiger partial charge in [0.1, 0.15) is 67.1 Å². The number of aliphatic hydroxyl groups excluding tert-OH is 9. The highest BCUT2D eigenvalue weighted by molar-refractivity contribution is 5.74. The number of carboxylic acids is 1. The number of carbonyl (C=O) groups excluding carboxylic acids is 1. The van der Waals surface area contributed by atoms with Crippen LogP contribution in [0.5, 0.6) is 0 Å². The standard InChI is InChI=1S/C20H33NO17/c1-4(24)21-7-10(27)8(25)6(3-23)35-19(7)36-14-12(29)13(30)20(38-16(14)17(31)32)37-15-11(28)9(26)5(2-22)34-18(15)33/h5-16,18-20,22-23,25-30,33H,2-3H2,1H3,(H,21,24)(H,31,32)/t5-,6-,7-,8-,9-,10-,11+,12-,13-,14+,15+,16+,18+,19+,20-/m1/s1. The molecule has 18 nitrogen and oxygen atoms in total. The highest BCUT2D eigenvalue weighted by atomic mass is 16.8. The van der Waals surface area contributed by atoms with Gasteiger partial charge in [0, 0.05) is 6.92 Å². The molecule has 3 heterocycles. The van der Waals surface area contributed by atoms with Crippen molar-refractivity contribution in [1.29, 1.82) is 0 Å². The van der Waals surface area contributed by atoms with Crippen molar-refractivity contribution < 1.29 is 84.3 Å². The zero-order valence-electron chi connectivity index (χ0n) is 19.9. The Hall–Kier alpha value is -1.62. The lowest BCUT2D eigenvalue weighted by Gasteiger charge is -2.47. The number of aliphatic carboxylic acids is 1. The third kappa shape index (κ3) is 6.24. The Morgan fingerprint density at radius 1 is 0.711 bits per heavy atom. The second-order valence-corrected chi connectivity index (χ2v) is 9.11.